The molecule has 5 nitrogen and oxygen atoms in total. The summed E-state index contributed by atoms with van der Waals surface area (Å²) in [6.45, 7) is 3.29. The maximum absolute atomic E-state index is 10.7. The first-order chi connectivity index (χ1) is 5.02. The first-order valence-corrected chi connectivity index (χ1v) is 3.11. The molecule has 0 radical (unpaired) electrons. The number of hydrogen-bond donors (Lipinski definition) is 3. The highest BCUT2D eigenvalue weighted by atomic mass is 16.2. The molecule has 0 bridgehead atoms. The second-order valence-corrected chi connectivity index (χ2v) is 2.53. The van der Waals surface area contributed by atoms with Crippen molar-refractivity contribution in [1.82, 2.24) is 10.6 Å². The second kappa shape index (κ2) is 3.34. The van der Waals surface area contributed by atoms with Crippen LogP contribution in [0.3, 0.4) is 0 Å². The molecular formula is C6H12N2O3. The van der Waals surface area contributed by atoms with E-state index in [0.29, 0.717) is 0 Å². The predicted octanol–water partition coefficient (Wildman–Crippen LogP) is -0.787. The smallest absolute Gasteiger partial charge is 0.322 e. The van der Waals surface area contributed by atoms with Crippen LogP contribution in [0.5, 0.6) is 0 Å². The Kier molecular flexibility index (Phi) is 3.00. The van der Waals surface area contributed by atoms with Gasteiger partial charge in [-0.05, 0) is 13.8 Å². The zero-order chi connectivity index (χ0) is 9.07. The van der Waals surface area contributed by atoms with Gasteiger partial charge in [-0.2, -0.15) is 0 Å². The van der Waals surface area contributed by atoms with Crippen LogP contribution in [0.2, 0.25) is 0 Å². The lowest BCUT2D eigenvalue weighted by Gasteiger charge is -2.11. The third-order valence-electron chi connectivity index (χ3n) is 1.22. The van der Waals surface area contributed by atoms with Crippen molar-refractivity contribution in [3.05, 3.63) is 0 Å². The summed E-state index contributed by atoms with van der Waals surface area (Å²) in [6, 6.07) is -0.412. The van der Waals surface area contributed by atoms with Gasteiger partial charge in [-0.1, -0.05) is 0 Å². The van der Waals surface area contributed by atoms with Crippen LogP contribution < -0.4 is 10.6 Å². The summed E-state index contributed by atoms with van der Waals surface area (Å²) < 4.78 is 0. The molecule has 0 aromatic rings. The van der Waals surface area contributed by atoms with E-state index in [1.165, 1.54) is 0 Å². The van der Waals surface area contributed by atoms with E-state index in [9.17, 15) is 9.59 Å². The molecule has 1 heterocycles. The summed E-state index contributed by atoms with van der Waals surface area (Å²) in [6.07, 6.45) is 0. The van der Waals surface area contributed by atoms with Crippen molar-refractivity contribution >= 4 is 11.9 Å². The fourth-order valence-electron chi connectivity index (χ4n) is 0.631. The van der Waals surface area contributed by atoms with Crippen LogP contribution in [0.4, 0.5) is 4.79 Å². The molecule has 1 rings (SSSR count). The molecule has 0 aromatic carbocycles. The number of aliphatic hydroxyl groups excluding tert-OH is 1. The molecule has 0 unspecified atom stereocenters. The minimum absolute atomic E-state index is 0.271. The zero-order valence-electron chi connectivity index (χ0n) is 6.76. The number of rotatable bonds is 0. The molecule has 3 N–H and O–H groups in total. The highest BCUT2D eigenvalue weighted by Gasteiger charge is 2.36. The third-order valence-corrected chi connectivity index (χ3v) is 1.22. The Bertz CT molecular complexity index is 177. The Labute approximate surface area is 64.8 Å². The number of carbonyl (C=O) groups is 2. The van der Waals surface area contributed by atoms with Gasteiger partial charge in [0.15, 0.2) is 0 Å². The quantitative estimate of drug-likeness (QED) is 0.406. The van der Waals surface area contributed by atoms with Crippen molar-refractivity contribution in [2.24, 2.45) is 0 Å². The lowest BCUT2D eigenvalue weighted by molar-refractivity contribution is -0.122. The van der Waals surface area contributed by atoms with Crippen LogP contribution >= 0.6 is 0 Å². The lowest BCUT2D eigenvalue weighted by Crippen LogP contribution is -2.39. The maximum atomic E-state index is 10.7. The monoisotopic (exact) mass is 160 g/mol. The van der Waals surface area contributed by atoms with E-state index < -0.39 is 11.6 Å². The van der Waals surface area contributed by atoms with Crippen LogP contribution in [0.25, 0.3) is 0 Å². The summed E-state index contributed by atoms with van der Waals surface area (Å²) in [7, 11) is 1.00. The average Bonchev–Trinajstić information content (AvgIpc) is 2.10. The van der Waals surface area contributed by atoms with Crippen molar-refractivity contribution in [2.45, 2.75) is 19.4 Å². The molecule has 0 aromatic heterocycles. The Morgan fingerprint density at radius 2 is 1.73 bits per heavy atom. The fourth-order valence-corrected chi connectivity index (χ4v) is 0.631. The van der Waals surface area contributed by atoms with E-state index >= 15 is 0 Å². The lowest BCUT2D eigenvalue weighted by atomic mass is 10.1. The summed E-state index contributed by atoms with van der Waals surface area (Å²) in [5.41, 5.74) is -0.725. The molecule has 1 aliphatic rings. The minimum atomic E-state index is -0.725. The Balaban J connectivity index is 0.000000461. The van der Waals surface area contributed by atoms with Gasteiger partial charge in [0, 0.05) is 7.11 Å². The number of carbonyl (C=O) groups excluding carboxylic acids is 2. The van der Waals surface area contributed by atoms with Gasteiger partial charge >= 0.3 is 6.03 Å². The molecule has 3 amide bonds. The Morgan fingerprint density at radius 1 is 1.27 bits per heavy atom. The van der Waals surface area contributed by atoms with Gasteiger partial charge in [-0.25, -0.2) is 4.79 Å². The van der Waals surface area contributed by atoms with Crippen LogP contribution in [-0.2, 0) is 4.79 Å². The highest BCUT2D eigenvalue weighted by molar-refractivity contribution is 6.06. The average molecular weight is 160 g/mol. The van der Waals surface area contributed by atoms with Crippen LogP contribution in [-0.4, -0.2) is 29.7 Å². The first-order valence-electron chi connectivity index (χ1n) is 3.11. The minimum Gasteiger partial charge on any atom is -0.400 e. The van der Waals surface area contributed by atoms with Crippen LogP contribution in [0.15, 0.2) is 0 Å². The van der Waals surface area contributed by atoms with Crippen molar-refractivity contribution in [3.63, 3.8) is 0 Å². The molecular weight excluding hydrogens is 148 g/mol. The molecule has 5 heteroatoms. The van der Waals surface area contributed by atoms with E-state index in [2.05, 4.69) is 10.6 Å². The normalized spacial score (nSPS) is 19.6. The fraction of sp³-hybridized carbons (Fsp3) is 0.667. The molecule has 0 atom stereocenters. The topological polar surface area (TPSA) is 78.4 Å². The molecule has 1 aliphatic heterocycles. The van der Waals surface area contributed by atoms with Gasteiger partial charge in [0.25, 0.3) is 5.91 Å². The van der Waals surface area contributed by atoms with Crippen molar-refractivity contribution in [2.75, 3.05) is 7.11 Å². The number of hydrogen-bond acceptors (Lipinski definition) is 3. The second-order valence-electron chi connectivity index (χ2n) is 2.53. The molecule has 0 aliphatic carbocycles. The molecule has 64 valence electrons. The molecule has 0 spiro atoms. The highest BCUT2D eigenvalue weighted by Crippen LogP contribution is 2.05. The third kappa shape index (κ3) is 2.19. The molecule has 0 saturated carbocycles. The van der Waals surface area contributed by atoms with E-state index in [-0.39, 0.29) is 5.91 Å². The van der Waals surface area contributed by atoms with Crippen LogP contribution in [0.1, 0.15) is 13.8 Å². The standard InChI is InChI=1S/C5H8N2O2.CH4O/c1-5(2)3(8)6-4(9)7-5;1-2/h1-2H3,(H2,6,7,8,9);2H,1H3. The van der Waals surface area contributed by atoms with Crippen molar-refractivity contribution < 1.29 is 14.7 Å². The molecule has 1 saturated heterocycles. The number of amides is 3. The first kappa shape index (κ1) is 9.90. The van der Waals surface area contributed by atoms with Gasteiger partial charge in [-0.3, -0.25) is 10.1 Å². The van der Waals surface area contributed by atoms with Crippen LogP contribution in [0, 0.1) is 0 Å². The summed E-state index contributed by atoms with van der Waals surface area (Å²) in [5, 5.41) is 11.6. The number of aliphatic hydroxyl groups is 1. The van der Waals surface area contributed by atoms with E-state index in [1.807, 2.05) is 0 Å². The summed E-state index contributed by atoms with van der Waals surface area (Å²) in [4.78, 5) is 21.1. The van der Waals surface area contributed by atoms with Gasteiger partial charge in [0.2, 0.25) is 0 Å². The summed E-state index contributed by atoms with van der Waals surface area (Å²) in [5.74, 6) is -0.271. The van der Waals surface area contributed by atoms with E-state index in [0.717, 1.165) is 7.11 Å². The predicted molar refractivity (Wildman–Crippen MR) is 38.9 cm³/mol. The van der Waals surface area contributed by atoms with Crippen molar-refractivity contribution in [1.29, 1.82) is 0 Å². The van der Waals surface area contributed by atoms with E-state index in [4.69, 9.17) is 5.11 Å². The largest absolute Gasteiger partial charge is 0.400 e. The Morgan fingerprint density at radius 3 is 1.82 bits per heavy atom. The molecule has 1 fully saturated rings. The van der Waals surface area contributed by atoms with Gasteiger partial charge in [0.1, 0.15) is 5.54 Å². The SMILES string of the molecule is CC1(C)NC(=O)NC1=O.CO. The number of urea groups is 1. The van der Waals surface area contributed by atoms with E-state index in [1.54, 1.807) is 13.8 Å². The van der Waals surface area contributed by atoms with Gasteiger partial charge in [0.05, 0.1) is 0 Å². The summed E-state index contributed by atoms with van der Waals surface area (Å²) >= 11 is 0. The number of imide groups is 1. The van der Waals surface area contributed by atoms with Gasteiger partial charge in [-0.15, -0.1) is 0 Å². The van der Waals surface area contributed by atoms with Crippen molar-refractivity contribution in [3.8, 4) is 0 Å². The Hall–Kier alpha value is -1.10. The van der Waals surface area contributed by atoms with Gasteiger partial charge < -0.3 is 10.4 Å². The molecule has 11 heavy (non-hydrogen) atoms. The zero-order valence-corrected chi connectivity index (χ0v) is 6.76. The maximum Gasteiger partial charge on any atom is 0.322 e. The number of nitrogens with one attached hydrogen (secondary N) is 2.